The Morgan fingerprint density at radius 1 is 0.917 bits per heavy atom. The highest BCUT2D eigenvalue weighted by Gasteiger charge is 2.27. The molecule has 0 aliphatic rings. The van der Waals surface area contributed by atoms with Crippen LogP contribution in [0.3, 0.4) is 0 Å². The fourth-order valence-electron chi connectivity index (χ4n) is 4.62. The number of anilines is 2. The molecule has 0 bridgehead atoms. The average Bonchev–Trinajstić information content (AvgIpc) is 3.00. The number of benzene rings is 2. The summed E-state index contributed by atoms with van der Waals surface area (Å²) in [6, 6.07) is 10.1. The van der Waals surface area contributed by atoms with Crippen molar-refractivity contribution in [3.05, 3.63) is 80.6 Å². The SMILES string of the molecule is CCCC(=O)OCN(c1ccc(NC(=O)c2cc(-n3ccc(=O)n(COC(=O)CCC)c3=O)cc(C(C)(C)C)c2OC)cc1)S(C)(=O)=O. The van der Waals surface area contributed by atoms with Crippen LogP contribution in [0.25, 0.3) is 5.69 Å². The monoisotopic (exact) mass is 686 g/mol. The summed E-state index contributed by atoms with van der Waals surface area (Å²) in [5.74, 6) is -1.43. The first-order valence-corrected chi connectivity index (χ1v) is 17.1. The van der Waals surface area contributed by atoms with Crippen LogP contribution in [0, 0.1) is 0 Å². The Kier molecular flexibility index (Phi) is 12.3. The average molecular weight is 687 g/mol. The summed E-state index contributed by atoms with van der Waals surface area (Å²) in [6.45, 7) is 8.23. The molecule has 0 radical (unpaired) electrons. The van der Waals surface area contributed by atoms with Crippen molar-refractivity contribution in [1.82, 2.24) is 9.13 Å². The Bertz CT molecular complexity index is 1870. The lowest BCUT2D eigenvalue weighted by molar-refractivity contribution is -0.147. The minimum atomic E-state index is -3.81. The van der Waals surface area contributed by atoms with Crippen LogP contribution in [0.4, 0.5) is 11.4 Å². The number of aromatic nitrogens is 2. The summed E-state index contributed by atoms with van der Waals surface area (Å²) < 4.78 is 43.6. The van der Waals surface area contributed by atoms with Crippen molar-refractivity contribution in [3.8, 4) is 11.4 Å². The van der Waals surface area contributed by atoms with E-state index >= 15 is 0 Å². The van der Waals surface area contributed by atoms with Gasteiger partial charge in [0.2, 0.25) is 10.0 Å². The van der Waals surface area contributed by atoms with Gasteiger partial charge in [-0.1, -0.05) is 34.6 Å². The predicted octanol–water partition coefficient (Wildman–Crippen LogP) is 3.93. The van der Waals surface area contributed by atoms with E-state index in [1.54, 1.807) is 19.9 Å². The van der Waals surface area contributed by atoms with Gasteiger partial charge in [-0.05, 0) is 54.7 Å². The first kappa shape index (κ1) is 37.5. The molecule has 2 aromatic carbocycles. The molecule has 0 atom stereocenters. The van der Waals surface area contributed by atoms with Gasteiger partial charge >= 0.3 is 17.6 Å². The van der Waals surface area contributed by atoms with Crippen LogP contribution >= 0.6 is 0 Å². The smallest absolute Gasteiger partial charge is 0.338 e. The number of carbonyl (C=O) groups is 3. The third kappa shape index (κ3) is 9.33. The molecule has 1 N–H and O–H groups in total. The molecule has 48 heavy (non-hydrogen) atoms. The third-order valence-corrected chi connectivity index (χ3v) is 8.21. The zero-order valence-corrected chi connectivity index (χ0v) is 29.0. The summed E-state index contributed by atoms with van der Waals surface area (Å²) >= 11 is 0. The largest absolute Gasteiger partial charge is 0.496 e. The van der Waals surface area contributed by atoms with Crippen molar-refractivity contribution < 1.29 is 37.0 Å². The highest BCUT2D eigenvalue weighted by molar-refractivity contribution is 7.92. The first-order valence-electron chi connectivity index (χ1n) is 15.3. The molecule has 260 valence electrons. The molecule has 0 spiro atoms. The predicted molar refractivity (Wildman–Crippen MR) is 180 cm³/mol. The van der Waals surface area contributed by atoms with Gasteiger partial charge < -0.3 is 19.5 Å². The van der Waals surface area contributed by atoms with Crippen molar-refractivity contribution in [3.63, 3.8) is 0 Å². The standard InChI is InChI=1S/C33H42N4O10S/c1-8-10-28(39)46-20-36-27(38)16-17-35(32(36)42)24-18-25(30(45-6)26(19-24)33(3,4)5)31(41)34-22-12-14-23(15-13-22)37(48(7,43)44)21-47-29(40)11-9-2/h12-19H,8-11,20-21H2,1-7H3,(H,34,41). The maximum atomic E-state index is 13.8. The maximum Gasteiger partial charge on any atom is 0.338 e. The Hall–Kier alpha value is -4.92. The molecule has 0 saturated heterocycles. The van der Waals surface area contributed by atoms with E-state index in [-0.39, 0.29) is 35.5 Å². The molecule has 1 aromatic heterocycles. The van der Waals surface area contributed by atoms with Gasteiger partial charge in [-0.3, -0.25) is 23.7 Å². The van der Waals surface area contributed by atoms with E-state index in [0.29, 0.717) is 24.1 Å². The van der Waals surface area contributed by atoms with Crippen molar-refractivity contribution in [2.24, 2.45) is 0 Å². The number of rotatable bonds is 14. The van der Waals surface area contributed by atoms with E-state index in [1.807, 2.05) is 20.8 Å². The number of esters is 2. The fourth-order valence-corrected chi connectivity index (χ4v) is 5.37. The number of hydrogen-bond donors (Lipinski definition) is 1. The molecule has 0 unspecified atom stereocenters. The molecule has 1 amide bonds. The lowest BCUT2D eigenvalue weighted by Gasteiger charge is -2.25. The Labute approximate surface area is 279 Å². The fraction of sp³-hybridized carbons (Fsp3) is 0.424. The minimum absolute atomic E-state index is 0.0728. The van der Waals surface area contributed by atoms with Gasteiger partial charge in [0, 0.05) is 36.4 Å². The van der Waals surface area contributed by atoms with Crippen molar-refractivity contribution in [1.29, 1.82) is 0 Å². The number of amides is 1. The lowest BCUT2D eigenvalue weighted by atomic mass is 9.84. The molecule has 0 fully saturated rings. The highest BCUT2D eigenvalue weighted by atomic mass is 32.2. The van der Waals surface area contributed by atoms with Crippen LogP contribution < -0.4 is 25.6 Å². The summed E-state index contributed by atoms with van der Waals surface area (Å²) in [4.78, 5) is 63.5. The number of methoxy groups -OCH3 is 1. The van der Waals surface area contributed by atoms with Gasteiger partial charge in [0.05, 0.1) is 30.3 Å². The quantitative estimate of drug-likeness (QED) is 0.194. The van der Waals surface area contributed by atoms with E-state index in [2.05, 4.69) is 5.32 Å². The van der Waals surface area contributed by atoms with E-state index in [4.69, 9.17) is 14.2 Å². The van der Waals surface area contributed by atoms with E-state index < -0.39 is 58.0 Å². The number of hydrogen-bond acceptors (Lipinski definition) is 10. The maximum absolute atomic E-state index is 13.8. The van der Waals surface area contributed by atoms with Gasteiger partial charge in [0.25, 0.3) is 11.5 Å². The molecule has 0 saturated carbocycles. The van der Waals surface area contributed by atoms with Gasteiger partial charge in [-0.2, -0.15) is 0 Å². The van der Waals surface area contributed by atoms with Gasteiger partial charge in [-0.25, -0.2) is 22.1 Å². The van der Waals surface area contributed by atoms with Crippen LogP contribution in [0.2, 0.25) is 0 Å². The van der Waals surface area contributed by atoms with Crippen LogP contribution in [-0.4, -0.2) is 55.5 Å². The number of nitrogens with zero attached hydrogens (tertiary/aromatic N) is 3. The Morgan fingerprint density at radius 2 is 1.52 bits per heavy atom. The molecule has 3 rings (SSSR count). The zero-order valence-electron chi connectivity index (χ0n) is 28.2. The molecular formula is C33H42N4O10S. The van der Waals surface area contributed by atoms with Crippen molar-refractivity contribution in [2.45, 2.75) is 72.4 Å². The van der Waals surface area contributed by atoms with E-state index in [9.17, 15) is 32.4 Å². The normalized spacial score (nSPS) is 11.5. The molecule has 15 heteroatoms. The van der Waals surface area contributed by atoms with Crippen LogP contribution in [0.1, 0.15) is 76.2 Å². The van der Waals surface area contributed by atoms with Crippen LogP contribution in [0.5, 0.6) is 5.75 Å². The molecular weight excluding hydrogens is 644 g/mol. The third-order valence-electron chi connectivity index (χ3n) is 7.10. The van der Waals surface area contributed by atoms with Crippen molar-refractivity contribution >= 4 is 39.2 Å². The van der Waals surface area contributed by atoms with Crippen LogP contribution in [-0.2, 0) is 41.2 Å². The van der Waals surface area contributed by atoms with Gasteiger partial charge in [-0.15, -0.1) is 0 Å². The molecule has 0 aliphatic carbocycles. The minimum Gasteiger partial charge on any atom is -0.496 e. The molecule has 14 nitrogen and oxygen atoms in total. The summed E-state index contributed by atoms with van der Waals surface area (Å²) in [6.07, 6.45) is 3.64. The van der Waals surface area contributed by atoms with E-state index in [0.717, 1.165) is 21.2 Å². The first-order chi connectivity index (χ1) is 22.5. The second-order valence-corrected chi connectivity index (χ2v) is 13.9. The Morgan fingerprint density at radius 3 is 2.06 bits per heavy atom. The summed E-state index contributed by atoms with van der Waals surface area (Å²) in [5, 5.41) is 2.77. The molecule has 0 aliphatic heterocycles. The molecule has 1 heterocycles. The lowest BCUT2D eigenvalue weighted by Crippen LogP contribution is -2.39. The molecule has 3 aromatic rings. The number of sulfonamides is 1. The topological polar surface area (TPSA) is 172 Å². The van der Waals surface area contributed by atoms with E-state index in [1.165, 1.54) is 48.2 Å². The zero-order chi connectivity index (χ0) is 35.8. The van der Waals surface area contributed by atoms with Crippen molar-refractivity contribution in [2.75, 3.05) is 29.7 Å². The second kappa shape index (κ2) is 15.8. The van der Waals surface area contributed by atoms with Gasteiger partial charge in [0.15, 0.2) is 13.5 Å². The summed E-state index contributed by atoms with van der Waals surface area (Å²) in [7, 11) is -2.39. The van der Waals surface area contributed by atoms with Gasteiger partial charge in [0.1, 0.15) is 5.75 Å². The number of carbonyl (C=O) groups excluding carboxylic acids is 3. The highest BCUT2D eigenvalue weighted by Crippen LogP contribution is 2.36. The van der Waals surface area contributed by atoms with Crippen LogP contribution in [0.15, 0.2) is 58.3 Å². The number of nitrogens with one attached hydrogen (secondary N) is 1. The Balaban J connectivity index is 2.02. The second-order valence-electron chi connectivity index (χ2n) is 12.0. The number of ether oxygens (including phenoxy) is 3. The summed E-state index contributed by atoms with van der Waals surface area (Å²) in [5.41, 5.74) is -0.585.